The van der Waals surface area contributed by atoms with E-state index in [1.165, 1.54) is 0 Å². The number of amides is 2. The van der Waals surface area contributed by atoms with Gasteiger partial charge in [-0.2, -0.15) is 0 Å². The van der Waals surface area contributed by atoms with Crippen LogP contribution in [0.3, 0.4) is 0 Å². The molecule has 2 amide bonds. The molecule has 2 rings (SSSR count). The van der Waals surface area contributed by atoms with E-state index < -0.39 is 6.09 Å². The Kier molecular flexibility index (Phi) is 7.81. The molecule has 0 saturated heterocycles. The third-order valence-electron chi connectivity index (χ3n) is 3.61. The smallest absolute Gasteiger partial charge is 0.407 e. The topological polar surface area (TPSA) is 71.8 Å². The minimum atomic E-state index is -0.502. The number of ether oxygens (including phenoxy) is 1. The number of carbonyl (C=O) groups is 2. The fraction of sp³-hybridized carbons (Fsp3) is 0.300. The van der Waals surface area contributed by atoms with Gasteiger partial charge in [0.1, 0.15) is 12.4 Å². The molecule has 1 aromatic carbocycles. The highest BCUT2D eigenvalue weighted by Gasteiger charge is 2.14. The molecule has 26 heavy (non-hydrogen) atoms. The first kappa shape index (κ1) is 19.1. The number of terminal acetylenes is 1. The molecule has 0 bridgehead atoms. The Hall–Kier alpha value is -3.20. The number of furan rings is 1. The molecule has 0 aliphatic heterocycles. The average Bonchev–Trinajstić information content (AvgIpc) is 3.17. The highest BCUT2D eigenvalue weighted by atomic mass is 16.5. The molecule has 0 saturated carbocycles. The van der Waals surface area contributed by atoms with Gasteiger partial charge in [-0.05, 0) is 24.1 Å². The van der Waals surface area contributed by atoms with Crippen molar-refractivity contribution in [2.45, 2.75) is 26.0 Å². The van der Waals surface area contributed by atoms with E-state index >= 15 is 0 Å². The van der Waals surface area contributed by atoms with Gasteiger partial charge in [0.25, 0.3) is 0 Å². The van der Waals surface area contributed by atoms with Gasteiger partial charge in [0.2, 0.25) is 5.91 Å². The largest absolute Gasteiger partial charge is 0.467 e. The molecule has 6 nitrogen and oxygen atoms in total. The monoisotopic (exact) mass is 354 g/mol. The lowest BCUT2D eigenvalue weighted by Crippen LogP contribution is -2.32. The van der Waals surface area contributed by atoms with E-state index in [2.05, 4.69) is 11.2 Å². The summed E-state index contributed by atoms with van der Waals surface area (Å²) in [5.41, 5.74) is 0.917. The van der Waals surface area contributed by atoms with Crippen LogP contribution in [0.25, 0.3) is 0 Å². The second-order valence-corrected chi connectivity index (χ2v) is 5.63. The van der Waals surface area contributed by atoms with Crippen molar-refractivity contribution >= 4 is 12.0 Å². The Bertz CT molecular complexity index is 720. The molecule has 0 atom stereocenters. The van der Waals surface area contributed by atoms with Crippen molar-refractivity contribution in [3.05, 3.63) is 60.1 Å². The molecule has 1 N–H and O–H groups in total. The predicted octanol–water partition coefficient (Wildman–Crippen LogP) is 2.95. The van der Waals surface area contributed by atoms with Crippen LogP contribution in [0.5, 0.6) is 0 Å². The number of hydrogen-bond donors (Lipinski definition) is 1. The first-order valence-corrected chi connectivity index (χ1v) is 8.37. The summed E-state index contributed by atoms with van der Waals surface area (Å²) in [6.07, 6.45) is 7.15. The first-order valence-electron chi connectivity index (χ1n) is 8.37. The molecule has 2 aromatic rings. The molecule has 136 valence electrons. The summed E-state index contributed by atoms with van der Waals surface area (Å²) in [5, 5.41) is 2.63. The predicted molar refractivity (Wildman–Crippen MR) is 96.8 cm³/mol. The molecule has 0 spiro atoms. The molecule has 0 aliphatic carbocycles. The fourth-order valence-electron chi connectivity index (χ4n) is 2.30. The Labute approximate surface area is 153 Å². The molecular formula is C20H22N2O4. The summed E-state index contributed by atoms with van der Waals surface area (Å²) in [6, 6.07) is 13.0. The van der Waals surface area contributed by atoms with Gasteiger partial charge >= 0.3 is 6.09 Å². The summed E-state index contributed by atoms with van der Waals surface area (Å²) in [6.45, 7) is 1.11. The molecule has 0 aliphatic rings. The molecule has 0 fully saturated rings. The zero-order valence-electron chi connectivity index (χ0n) is 14.5. The normalized spacial score (nSPS) is 9.96. The molecule has 1 heterocycles. The maximum atomic E-state index is 12.3. The summed E-state index contributed by atoms with van der Waals surface area (Å²) >= 11 is 0. The highest BCUT2D eigenvalue weighted by Crippen LogP contribution is 2.07. The molecule has 6 heteroatoms. The van der Waals surface area contributed by atoms with Crippen LogP contribution in [0.15, 0.2) is 53.1 Å². The van der Waals surface area contributed by atoms with Crippen LogP contribution >= 0.6 is 0 Å². The van der Waals surface area contributed by atoms with Crippen LogP contribution in [0.1, 0.15) is 24.2 Å². The van der Waals surface area contributed by atoms with Crippen molar-refractivity contribution in [3.63, 3.8) is 0 Å². The van der Waals surface area contributed by atoms with Crippen LogP contribution in [0.2, 0.25) is 0 Å². The van der Waals surface area contributed by atoms with Crippen LogP contribution in [0, 0.1) is 12.3 Å². The minimum Gasteiger partial charge on any atom is -0.467 e. The summed E-state index contributed by atoms with van der Waals surface area (Å²) in [7, 11) is 0. The van der Waals surface area contributed by atoms with Gasteiger partial charge in [-0.3, -0.25) is 4.79 Å². The number of benzene rings is 1. The van der Waals surface area contributed by atoms with E-state index in [1.807, 2.05) is 30.3 Å². The van der Waals surface area contributed by atoms with Crippen molar-refractivity contribution in [3.8, 4) is 12.3 Å². The standard InChI is InChI=1S/C20H22N2O4/c1-2-13-22(15-18-10-7-14-25-18)19(23)11-6-12-21-20(24)26-16-17-8-4-3-5-9-17/h1,3-5,7-10,14H,6,11-13,15-16H2,(H,21,24). The van der Waals surface area contributed by atoms with Crippen molar-refractivity contribution in [2.24, 2.45) is 0 Å². The summed E-state index contributed by atoms with van der Waals surface area (Å²) in [5.74, 6) is 3.07. The van der Waals surface area contributed by atoms with Gasteiger partial charge in [-0.25, -0.2) is 4.79 Å². The number of carbonyl (C=O) groups excluding carboxylic acids is 2. The quantitative estimate of drug-likeness (QED) is 0.555. The van der Waals surface area contributed by atoms with Gasteiger partial charge in [-0.1, -0.05) is 36.3 Å². The van der Waals surface area contributed by atoms with E-state index in [0.717, 1.165) is 5.56 Å². The lowest BCUT2D eigenvalue weighted by Gasteiger charge is -2.19. The second kappa shape index (κ2) is 10.6. The fourth-order valence-corrected chi connectivity index (χ4v) is 2.30. The van der Waals surface area contributed by atoms with Gasteiger partial charge in [-0.15, -0.1) is 6.42 Å². The van der Waals surface area contributed by atoms with E-state index in [1.54, 1.807) is 23.3 Å². The van der Waals surface area contributed by atoms with Crippen molar-refractivity contribution < 1.29 is 18.7 Å². The van der Waals surface area contributed by atoms with Gasteiger partial charge < -0.3 is 19.4 Å². The molecular weight excluding hydrogens is 332 g/mol. The van der Waals surface area contributed by atoms with Crippen molar-refractivity contribution in [1.29, 1.82) is 0 Å². The maximum Gasteiger partial charge on any atom is 0.407 e. The zero-order valence-corrected chi connectivity index (χ0v) is 14.5. The Morgan fingerprint density at radius 3 is 2.69 bits per heavy atom. The van der Waals surface area contributed by atoms with Crippen LogP contribution in [0.4, 0.5) is 4.79 Å². The van der Waals surface area contributed by atoms with E-state index in [4.69, 9.17) is 15.6 Å². The Morgan fingerprint density at radius 1 is 1.19 bits per heavy atom. The van der Waals surface area contributed by atoms with E-state index in [-0.39, 0.29) is 25.5 Å². The molecule has 1 aromatic heterocycles. The van der Waals surface area contributed by atoms with E-state index in [0.29, 0.717) is 25.3 Å². The number of nitrogens with zero attached hydrogens (tertiary/aromatic N) is 1. The number of alkyl carbamates (subject to hydrolysis) is 1. The number of nitrogens with one attached hydrogen (secondary N) is 1. The van der Waals surface area contributed by atoms with Crippen molar-refractivity contribution in [2.75, 3.05) is 13.1 Å². The van der Waals surface area contributed by atoms with Crippen LogP contribution in [-0.4, -0.2) is 30.0 Å². The van der Waals surface area contributed by atoms with Gasteiger partial charge in [0.15, 0.2) is 0 Å². The third kappa shape index (κ3) is 6.73. The van der Waals surface area contributed by atoms with Crippen molar-refractivity contribution in [1.82, 2.24) is 10.2 Å². The van der Waals surface area contributed by atoms with Gasteiger partial charge in [0.05, 0.1) is 19.4 Å². The number of hydrogen-bond acceptors (Lipinski definition) is 4. The average molecular weight is 354 g/mol. The Balaban J connectivity index is 1.64. The minimum absolute atomic E-state index is 0.0844. The lowest BCUT2D eigenvalue weighted by atomic mass is 10.2. The second-order valence-electron chi connectivity index (χ2n) is 5.63. The Morgan fingerprint density at radius 2 is 2.00 bits per heavy atom. The summed E-state index contributed by atoms with van der Waals surface area (Å²) < 4.78 is 10.4. The summed E-state index contributed by atoms with van der Waals surface area (Å²) in [4.78, 5) is 25.4. The van der Waals surface area contributed by atoms with Crippen LogP contribution in [-0.2, 0) is 22.7 Å². The van der Waals surface area contributed by atoms with Crippen LogP contribution < -0.4 is 5.32 Å². The first-order chi connectivity index (χ1) is 12.7. The van der Waals surface area contributed by atoms with Gasteiger partial charge in [0, 0.05) is 13.0 Å². The highest BCUT2D eigenvalue weighted by molar-refractivity contribution is 5.76. The van der Waals surface area contributed by atoms with E-state index in [9.17, 15) is 9.59 Å². The maximum absolute atomic E-state index is 12.3. The lowest BCUT2D eigenvalue weighted by molar-refractivity contribution is -0.131. The molecule has 0 radical (unpaired) electrons. The SMILES string of the molecule is C#CCN(Cc1ccco1)C(=O)CCCNC(=O)OCc1ccccc1. The zero-order chi connectivity index (χ0) is 18.6. The third-order valence-corrected chi connectivity index (χ3v) is 3.61. The number of rotatable bonds is 9. The molecule has 0 unspecified atom stereocenters.